The zero-order chi connectivity index (χ0) is 45.1. The Morgan fingerprint density at radius 1 is 0.250 bits per heavy atom. The molecule has 1 heterocycles. The van der Waals surface area contributed by atoms with E-state index in [1.165, 1.54) is 33.0 Å². The third kappa shape index (κ3) is 6.41. The van der Waals surface area contributed by atoms with Crippen LogP contribution in [0.15, 0.2) is 231 Å². The smallest absolute Gasteiger partial charge is 0.165 e. The highest BCUT2D eigenvalue weighted by molar-refractivity contribution is 6.28. The number of nitrogens with zero attached hydrogens (tertiary/aromatic N) is 4. The van der Waals surface area contributed by atoms with Gasteiger partial charge in [0.05, 0.1) is 11.6 Å². The van der Waals surface area contributed by atoms with Crippen molar-refractivity contribution in [3.8, 4) is 107 Å². The monoisotopic (exact) mass is 862 g/mol. The molecular weight excluding hydrogens is 825 g/mol. The van der Waals surface area contributed by atoms with Crippen molar-refractivity contribution < 1.29 is 0 Å². The van der Waals surface area contributed by atoms with Gasteiger partial charge in [-0.2, -0.15) is 5.26 Å². The summed E-state index contributed by atoms with van der Waals surface area (Å²) in [5, 5.41) is 16.5. The van der Waals surface area contributed by atoms with E-state index < -0.39 is 0 Å². The Balaban J connectivity index is 1.06. The number of benzene rings is 11. The van der Waals surface area contributed by atoms with Crippen LogP contribution in [0.3, 0.4) is 0 Å². The Morgan fingerprint density at radius 3 is 1.09 bits per heavy atom. The van der Waals surface area contributed by atoms with Crippen LogP contribution in [-0.4, -0.2) is 15.0 Å². The van der Waals surface area contributed by atoms with Gasteiger partial charge in [-0.05, 0) is 111 Å². The molecule has 0 aliphatic heterocycles. The molecule has 0 spiro atoms. The molecule has 11 aromatic carbocycles. The summed E-state index contributed by atoms with van der Waals surface area (Å²) in [4.78, 5) is 16.0. The van der Waals surface area contributed by atoms with E-state index in [9.17, 15) is 5.26 Å². The first-order chi connectivity index (χ1) is 33.7. The van der Waals surface area contributed by atoms with Crippen molar-refractivity contribution in [1.82, 2.24) is 15.0 Å². The Labute approximate surface area is 393 Å². The van der Waals surface area contributed by atoms with E-state index in [0.29, 0.717) is 23.0 Å². The Kier molecular flexibility index (Phi) is 9.20. The normalized spacial score (nSPS) is 11.5. The molecule has 1 aliphatic carbocycles. The first-order valence-electron chi connectivity index (χ1n) is 22.9. The SMILES string of the molecule is N#Cc1ccc(-c2ccc3c4c(ccc(-c5c6ccccc6c(-c6nc(-c7ccc(-c8ccccc8)cc7)nc(-c7ccc(-c8ccccc8)cc7)n6)c6ccccc56)c24)-c2ccccc2-3)cc1. The fourth-order valence-corrected chi connectivity index (χ4v) is 10.4. The summed E-state index contributed by atoms with van der Waals surface area (Å²) in [6, 6.07) is 83.5. The highest BCUT2D eigenvalue weighted by Crippen LogP contribution is 2.54. The van der Waals surface area contributed by atoms with Gasteiger partial charge in [-0.3, -0.25) is 0 Å². The van der Waals surface area contributed by atoms with Gasteiger partial charge in [-0.25, -0.2) is 15.0 Å². The van der Waals surface area contributed by atoms with Crippen LogP contribution in [0.2, 0.25) is 0 Å². The summed E-state index contributed by atoms with van der Waals surface area (Å²) in [6.07, 6.45) is 0. The maximum Gasteiger partial charge on any atom is 0.165 e. The van der Waals surface area contributed by atoms with E-state index in [4.69, 9.17) is 15.0 Å². The van der Waals surface area contributed by atoms with Gasteiger partial charge in [0.1, 0.15) is 0 Å². The minimum absolute atomic E-state index is 0.605. The third-order valence-corrected chi connectivity index (χ3v) is 13.6. The number of hydrogen-bond acceptors (Lipinski definition) is 4. The summed E-state index contributed by atoms with van der Waals surface area (Å²) in [7, 11) is 0. The molecule has 0 radical (unpaired) electrons. The lowest BCUT2D eigenvalue weighted by Crippen LogP contribution is -2.02. The maximum absolute atomic E-state index is 9.73. The predicted molar refractivity (Wildman–Crippen MR) is 280 cm³/mol. The molecule has 4 heteroatoms. The molecule has 13 rings (SSSR count). The second kappa shape index (κ2) is 16.0. The van der Waals surface area contributed by atoms with Crippen molar-refractivity contribution >= 4 is 32.3 Å². The predicted octanol–water partition coefficient (Wildman–Crippen LogP) is 16.5. The average molecular weight is 863 g/mol. The van der Waals surface area contributed by atoms with Crippen molar-refractivity contribution in [2.24, 2.45) is 0 Å². The third-order valence-electron chi connectivity index (χ3n) is 13.6. The number of fused-ring (bicyclic) bond motifs is 5. The zero-order valence-corrected chi connectivity index (χ0v) is 36.7. The minimum Gasteiger partial charge on any atom is -0.208 e. The van der Waals surface area contributed by atoms with E-state index in [1.807, 2.05) is 24.3 Å². The summed E-state index contributed by atoms with van der Waals surface area (Å²) < 4.78 is 0. The molecule has 12 aromatic rings. The quantitative estimate of drug-likeness (QED) is 0.150. The molecule has 0 atom stereocenters. The molecule has 4 nitrogen and oxygen atoms in total. The van der Waals surface area contributed by atoms with Crippen LogP contribution in [-0.2, 0) is 0 Å². The molecule has 0 bridgehead atoms. The molecule has 1 aliphatic rings. The first-order valence-corrected chi connectivity index (χ1v) is 22.9. The lowest BCUT2D eigenvalue weighted by molar-refractivity contribution is 1.08. The van der Waals surface area contributed by atoms with Gasteiger partial charge in [0, 0.05) is 16.7 Å². The van der Waals surface area contributed by atoms with Gasteiger partial charge in [0.25, 0.3) is 0 Å². The Hall–Kier alpha value is -9.30. The van der Waals surface area contributed by atoms with Gasteiger partial charge in [-0.1, -0.05) is 218 Å². The topological polar surface area (TPSA) is 62.5 Å². The number of rotatable bonds is 7. The van der Waals surface area contributed by atoms with Crippen LogP contribution in [0.5, 0.6) is 0 Å². The molecule has 68 heavy (non-hydrogen) atoms. The van der Waals surface area contributed by atoms with E-state index >= 15 is 0 Å². The van der Waals surface area contributed by atoms with E-state index in [-0.39, 0.29) is 0 Å². The van der Waals surface area contributed by atoms with E-state index in [0.717, 1.165) is 82.7 Å². The maximum atomic E-state index is 9.73. The summed E-state index contributed by atoms with van der Waals surface area (Å²) >= 11 is 0. The first kappa shape index (κ1) is 39.1. The van der Waals surface area contributed by atoms with Gasteiger partial charge in [-0.15, -0.1) is 0 Å². The van der Waals surface area contributed by atoms with Crippen LogP contribution in [0.1, 0.15) is 5.56 Å². The molecular formula is C64H38N4. The van der Waals surface area contributed by atoms with Crippen LogP contribution >= 0.6 is 0 Å². The summed E-state index contributed by atoms with van der Waals surface area (Å²) in [5.41, 5.74) is 17.4. The van der Waals surface area contributed by atoms with Crippen molar-refractivity contribution in [2.75, 3.05) is 0 Å². The van der Waals surface area contributed by atoms with Gasteiger partial charge < -0.3 is 0 Å². The van der Waals surface area contributed by atoms with Crippen molar-refractivity contribution in [1.29, 1.82) is 5.26 Å². The Morgan fingerprint density at radius 2 is 0.603 bits per heavy atom. The van der Waals surface area contributed by atoms with Crippen LogP contribution < -0.4 is 0 Å². The molecule has 1 aromatic heterocycles. The summed E-state index contributed by atoms with van der Waals surface area (Å²) in [5.74, 6) is 1.82. The Bertz CT molecular complexity index is 3800. The second-order valence-electron chi connectivity index (χ2n) is 17.3. The highest BCUT2D eigenvalue weighted by Gasteiger charge is 2.27. The van der Waals surface area contributed by atoms with Crippen molar-refractivity contribution in [3.63, 3.8) is 0 Å². The van der Waals surface area contributed by atoms with Crippen molar-refractivity contribution in [3.05, 3.63) is 236 Å². The molecule has 0 fully saturated rings. The molecule has 0 amide bonds. The lowest BCUT2D eigenvalue weighted by Gasteiger charge is -2.20. The van der Waals surface area contributed by atoms with Gasteiger partial charge in [0.2, 0.25) is 0 Å². The number of aromatic nitrogens is 3. The standard InChI is InChI=1S/C64H38N4/c65-39-40-23-25-45(26-24-40)48-35-36-55-49-17-7-8-18-50(49)56-37-38-57(59(48)60(55)56)58-51-19-9-11-21-53(51)61(54-22-12-10-20-52(54)58)64-67-62(46-31-27-43(28-32-46)41-13-3-1-4-14-41)66-63(68-64)47-33-29-44(30-34-47)42-15-5-2-6-16-42/h1-38H. The second-order valence-corrected chi connectivity index (χ2v) is 17.3. The average Bonchev–Trinajstić information content (AvgIpc) is 3.75. The largest absolute Gasteiger partial charge is 0.208 e. The van der Waals surface area contributed by atoms with Crippen molar-refractivity contribution in [2.45, 2.75) is 0 Å². The lowest BCUT2D eigenvalue weighted by atomic mass is 9.83. The highest BCUT2D eigenvalue weighted by atomic mass is 15.0. The van der Waals surface area contributed by atoms with E-state index in [2.05, 4.69) is 212 Å². The van der Waals surface area contributed by atoms with Gasteiger partial charge >= 0.3 is 0 Å². The minimum atomic E-state index is 0.605. The van der Waals surface area contributed by atoms with Gasteiger partial charge in [0.15, 0.2) is 17.5 Å². The zero-order valence-electron chi connectivity index (χ0n) is 36.7. The molecule has 0 saturated heterocycles. The van der Waals surface area contributed by atoms with Crippen LogP contribution in [0, 0.1) is 11.3 Å². The number of hydrogen-bond donors (Lipinski definition) is 0. The van der Waals surface area contributed by atoms with Crippen LogP contribution in [0.25, 0.3) is 133 Å². The fourth-order valence-electron chi connectivity index (χ4n) is 10.4. The fraction of sp³-hybridized carbons (Fsp3) is 0. The number of nitriles is 1. The molecule has 0 unspecified atom stereocenters. The summed E-state index contributed by atoms with van der Waals surface area (Å²) in [6.45, 7) is 0. The van der Waals surface area contributed by atoms with E-state index in [1.54, 1.807) is 0 Å². The van der Waals surface area contributed by atoms with Crippen LogP contribution in [0.4, 0.5) is 0 Å². The molecule has 0 N–H and O–H groups in total. The molecule has 314 valence electrons. The molecule has 0 saturated carbocycles.